The molecule has 1 aromatic heterocycles. The Morgan fingerprint density at radius 1 is 1.45 bits per heavy atom. The third kappa shape index (κ3) is 4.14. The number of rotatable bonds is 3. The molecule has 0 aliphatic heterocycles. The lowest BCUT2D eigenvalue weighted by Gasteiger charge is -2.10. The largest absolute Gasteiger partial charge is 0.331 e. The average Bonchev–Trinajstić information content (AvgIpc) is 2.79. The maximum Gasteiger partial charge on any atom is 0.191 e. The van der Waals surface area contributed by atoms with Gasteiger partial charge in [0, 0.05) is 11.9 Å². The molecule has 0 aliphatic carbocycles. The number of benzene rings is 1. The van der Waals surface area contributed by atoms with E-state index in [0.29, 0.717) is 5.11 Å². The van der Waals surface area contributed by atoms with Crippen LogP contribution in [0.5, 0.6) is 0 Å². The van der Waals surface area contributed by atoms with Crippen LogP contribution in [0.3, 0.4) is 0 Å². The minimum absolute atomic E-state index is 0.430. The number of aromatic nitrogens is 2. The monoisotopic (exact) mass is 351 g/mol. The first-order valence-electron chi connectivity index (χ1n) is 5.91. The Hall–Kier alpha value is -1.73. The molecule has 0 radical (unpaired) electrons. The van der Waals surface area contributed by atoms with Crippen LogP contribution in [0.1, 0.15) is 11.1 Å². The molecule has 0 amide bonds. The van der Waals surface area contributed by atoms with Crippen LogP contribution in [0.15, 0.2) is 40.2 Å². The van der Waals surface area contributed by atoms with E-state index < -0.39 is 0 Å². The van der Waals surface area contributed by atoms with Crippen molar-refractivity contribution in [1.29, 1.82) is 0 Å². The van der Waals surface area contributed by atoms with E-state index in [2.05, 4.69) is 49.9 Å². The number of nitrogens with zero attached hydrogens (tertiary/aromatic N) is 3. The lowest BCUT2D eigenvalue weighted by Crippen LogP contribution is -2.24. The van der Waals surface area contributed by atoms with E-state index in [1.807, 2.05) is 19.1 Å². The van der Waals surface area contributed by atoms with Crippen LogP contribution in [-0.2, 0) is 0 Å². The van der Waals surface area contributed by atoms with Crippen LogP contribution in [-0.4, -0.2) is 21.2 Å². The van der Waals surface area contributed by atoms with Crippen molar-refractivity contribution in [2.24, 2.45) is 5.10 Å². The predicted molar refractivity (Wildman–Crippen MR) is 89.1 cm³/mol. The molecule has 5 nitrogen and oxygen atoms in total. The molecule has 2 rings (SSSR count). The summed E-state index contributed by atoms with van der Waals surface area (Å²) in [5, 5.41) is 11.6. The minimum Gasteiger partial charge on any atom is -0.331 e. The topological polar surface area (TPSA) is 54.2 Å². The number of anilines is 1. The molecule has 0 fully saturated rings. The van der Waals surface area contributed by atoms with Gasteiger partial charge in [0.05, 0.1) is 10.7 Å². The van der Waals surface area contributed by atoms with Crippen LogP contribution in [0.4, 0.5) is 5.69 Å². The summed E-state index contributed by atoms with van der Waals surface area (Å²) >= 11 is 8.48. The second-order valence-electron chi connectivity index (χ2n) is 4.27. The van der Waals surface area contributed by atoms with Crippen molar-refractivity contribution in [2.75, 3.05) is 5.32 Å². The van der Waals surface area contributed by atoms with Gasteiger partial charge in [-0.1, -0.05) is 17.7 Å². The van der Waals surface area contributed by atoms with E-state index in [4.69, 9.17) is 12.2 Å². The fourth-order valence-electron chi connectivity index (χ4n) is 1.63. The molecule has 0 atom stereocenters. The van der Waals surface area contributed by atoms with E-state index in [9.17, 15) is 0 Å². The third-order valence-corrected chi connectivity index (χ3v) is 3.15. The van der Waals surface area contributed by atoms with Gasteiger partial charge >= 0.3 is 0 Å². The lowest BCUT2D eigenvalue weighted by atomic mass is 10.1. The smallest absolute Gasteiger partial charge is 0.191 e. The van der Waals surface area contributed by atoms with Crippen molar-refractivity contribution in [3.63, 3.8) is 0 Å². The van der Waals surface area contributed by atoms with Crippen LogP contribution in [0.25, 0.3) is 0 Å². The highest BCUT2D eigenvalue weighted by Gasteiger charge is 2.00. The number of hydrogen-bond acceptors (Lipinski definition) is 3. The van der Waals surface area contributed by atoms with E-state index in [1.165, 1.54) is 11.9 Å². The van der Waals surface area contributed by atoms with Crippen molar-refractivity contribution in [3.8, 4) is 0 Å². The molecular weight excluding hydrogens is 338 g/mol. The highest BCUT2D eigenvalue weighted by Crippen LogP contribution is 2.15. The summed E-state index contributed by atoms with van der Waals surface area (Å²) in [6.07, 6.45) is 4.99. The summed E-state index contributed by atoms with van der Waals surface area (Å²) in [6.45, 7) is 4.09. The van der Waals surface area contributed by atoms with E-state index in [-0.39, 0.29) is 0 Å². The average molecular weight is 352 g/mol. The first kappa shape index (κ1) is 14.7. The predicted octanol–water partition coefficient (Wildman–Crippen LogP) is 3.04. The second kappa shape index (κ2) is 6.62. The summed E-state index contributed by atoms with van der Waals surface area (Å²) in [7, 11) is 0. The summed E-state index contributed by atoms with van der Waals surface area (Å²) in [6, 6.07) is 6.12. The van der Waals surface area contributed by atoms with Gasteiger partial charge in [0.25, 0.3) is 0 Å². The van der Waals surface area contributed by atoms with Gasteiger partial charge in [0.15, 0.2) is 5.11 Å². The molecule has 20 heavy (non-hydrogen) atoms. The summed E-state index contributed by atoms with van der Waals surface area (Å²) in [5.74, 6) is 0. The molecule has 0 unspecified atom stereocenters. The number of hydrogen-bond donors (Lipinski definition) is 2. The number of hydrazone groups is 1. The van der Waals surface area contributed by atoms with Crippen LogP contribution in [0.2, 0.25) is 0 Å². The van der Waals surface area contributed by atoms with Crippen molar-refractivity contribution >= 4 is 45.3 Å². The first-order chi connectivity index (χ1) is 9.54. The molecule has 7 heteroatoms. The SMILES string of the molecule is Cc1ccc(NC(=S)NN=Cn2cc(Br)cn2)c(C)c1. The molecule has 1 aromatic carbocycles. The number of aryl methyl sites for hydroxylation is 2. The number of nitrogens with one attached hydrogen (secondary N) is 2. The minimum atomic E-state index is 0.430. The van der Waals surface area contributed by atoms with Gasteiger partial charge in [0.1, 0.15) is 6.34 Å². The van der Waals surface area contributed by atoms with E-state index >= 15 is 0 Å². The summed E-state index contributed by atoms with van der Waals surface area (Å²) in [5.41, 5.74) is 6.06. The van der Waals surface area contributed by atoms with Gasteiger partial charge < -0.3 is 5.32 Å². The number of halogens is 1. The molecular formula is C13H14BrN5S. The van der Waals surface area contributed by atoms with Crippen LogP contribution >= 0.6 is 28.1 Å². The quantitative estimate of drug-likeness (QED) is 0.386. The Bertz CT molecular complexity index is 650. The maximum absolute atomic E-state index is 5.17. The van der Waals surface area contributed by atoms with Gasteiger partial charge in [-0.25, -0.2) is 4.68 Å². The van der Waals surface area contributed by atoms with E-state index in [0.717, 1.165) is 15.7 Å². The van der Waals surface area contributed by atoms with Crippen molar-refractivity contribution < 1.29 is 0 Å². The normalized spacial score (nSPS) is 10.8. The lowest BCUT2D eigenvalue weighted by molar-refractivity contribution is 0.926. The zero-order chi connectivity index (χ0) is 14.5. The highest BCUT2D eigenvalue weighted by molar-refractivity contribution is 9.10. The van der Waals surface area contributed by atoms with Crippen LogP contribution in [0, 0.1) is 13.8 Å². The van der Waals surface area contributed by atoms with Gasteiger partial charge in [-0.05, 0) is 53.6 Å². The van der Waals surface area contributed by atoms with Crippen molar-refractivity contribution in [2.45, 2.75) is 13.8 Å². The Kier molecular flexibility index (Phi) is 4.86. The van der Waals surface area contributed by atoms with Crippen LogP contribution < -0.4 is 10.7 Å². The fraction of sp³-hybridized carbons (Fsp3) is 0.154. The van der Waals surface area contributed by atoms with Crippen molar-refractivity contribution in [3.05, 3.63) is 46.2 Å². The zero-order valence-electron chi connectivity index (χ0n) is 11.1. The van der Waals surface area contributed by atoms with Gasteiger partial charge in [-0.3, -0.25) is 5.43 Å². The molecule has 0 saturated carbocycles. The fourth-order valence-corrected chi connectivity index (χ4v) is 2.09. The number of thiocarbonyl (C=S) groups is 1. The van der Waals surface area contributed by atoms with E-state index in [1.54, 1.807) is 17.1 Å². The summed E-state index contributed by atoms with van der Waals surface area (Å²) < 4.78 is 2.46. The van der Waals surface area contributed by atoms with Gasteiger partial charge in [0.2, 0.25) is 0 Å². The molecule has 0 spiro atoms. The molecule has 1 heterocycles. The van der Waals surface area contributed by atoms with Gasteiger partial charge in [-0.15, -0.1) is 0 Å². The zero-order valence-corrected chi connectivity index (χ0v) is 13.5. The molecule has 2 aromatic rings. The Morgan fingerprint density at radius 2 is 2.25 bits per heavy atom. The Morgan fingerprint density at radius 3 is 2.90 bits per heavy atom. The molecule has 0 aliphatic rings. The Balaban J connectivity index is 1.91. The molecule has 104 valence electrons. The first-order valence-corrected chi connectivity index (χ1v) is 7.12. The standard InChI is InChI=1S/C13H14BrN5S/c1-9-3-4-12(10(2)5-9)17-13(20)18-15-8-19-7-11(14)6-16-19/h3-8H,1-2H3,(H2,17,18,20). The molecule has 0 bridgehead atoms. The maximum atomic E-state index is 5.17. The highest BCUT2D eigenvalue weighted by atomic mass is 79.9. The third-order valence-electron chi connectivity index (χ3n) is 2.54. The second-order valence-corrected chi connectivity index (χ2v) is 5.59. The Labute approximate surface area is 131 Å². The van der Waals surface area contributed by atoms with Gasteiger partial charge in [-0.2, -0.15) is 10.2 Å². The van der Waals surface area contributed by atoms with Crippen molar-refractivity contribution in [1.82, 2.24) is 15.2 Å². The molecule has 2 N–H and O–H groups in total. The summed E-state index contributed by atoms with van der Waals surface area (Å²) in [4.78, 5) is 0. The molecule has 0 saturated heterocycles.